The molecule has 1 aromatic rings. The van der Waals surface area contributed by atoms with Gasteiger partial charge in [0.1, 0.15) is 5.76 Å². The van der Waals surface area contributed by atoms with Crippen LogP contribution in [0.5, 0.6) is 0 Å². The van der Waals surface area contributed by atoms with E-state index in [-0.39, 0.29) is 0 Å². The zero-order chi connectivity index (χ0) is 13.1. The van der Waals surface area contributed by atoms with Crippen molar-refractivity contribution < 1.29 is 4.42 Å². The molecule has 4 heteroatoms. The Morgan fingerprint density at radius 2 is 2.22 bits per heavy atom. The average Bonchev–Trinajstić information content (AvgIpc) is 2.88. The van der Waals surface area contributed by atoms with Crippen LogP contribution in [0.3, 0.4) is 0 Å². The molecule has 102 valence electrons. The molecule has 4 nitrogen and oxygen atoms in total. The van der Waals surface area contributed by atoms with Gasteiger partial charge in [0.2, 0.25) is 5.89 Å². The highest BCUT2D eigenvalue weighted by atomic mass is 16.4. The van der Waals surface area contributed by atoms with Gasteiger partial charge in [0.25, 0.3) is 0 Å². The lowest BCUT2D eigenvalue weighted by molar-refractivity contribution is 0.263. The van der Waals surface area contributed by atoms with Gasteiger partial charge in [-0.2, -0.15) is 0 Å². The maximum absolute atomic E-state index is 5.55. The van der Waals surface area contributed by atoms with Gasteiger partial charge in [-0.1, -0.05) is 0 Å². The summed E-state index contributed by atoms with van der Waals surface area (Å²) in [6.07, 6.45) is 1.30. The van der Waals surface area contributed by atoms with E-state index in [1.165, 1.54) is 19.5 Å². The zero-order valence-corrected chi connectivity index (χ0v) is 12.0. The fraction of sp³-hybridized carbons (Fsp3) is 0.786. The number of nitrogens with zero attached hydrogens (tertiary/aromatic N) is 2. The molecule has 0 bridgehead atoms. The van der Waals surface area contributed by atoms with Crippen LogP contribution in [0.25, 0.3) is 0 Å². The molecule has 0 spiro atoms. The molecule has 1 atom stereocenters. The standard InChI is InChI=1S/C14H25N3O/c1-10(2)17-6-5-13(9-17)7-15-8-14-16-11(3)12(4)18-14/h10,13,15H,5-9H2,1-4H3. The highest BCUT2D eigenvalue weighted by molar-refractivity contribution is 5.05. The molecule has 0 amide bonds. The molecule has 2 rings (SSSR count). The van der Waals surface area contributed by atoms with Crippen molar-refractivity contribution in [2.45, 2.75) is 46.7 Å². The molecule has 1 N–H and O–H groups in total. The van der Waals surface area contributed by atoms with Crippen molar-refractivity contribution >= 4 is 0 Å². The third-order valence-electron chi connectivity index (χ3n) is 3.83. The van der Waals surface area contributed by atoms with Crippen molar-refractivity contribution in [3.8, 4) is 0 Å². The van der Waals surface area contributed by atoms with E-state index in [9.17, 15) is 0 Å². The van der Waals surface area contributed by atoms with Crippen LogP contribution >= 0.6 is 0 Å². The fourth-order valence-corrected chi connectivity index (χ4v) is 2.50. The lowest BCUT2D eigenvalue weighted by Crippen LogP contribution is -2.30. The molecular weight excluding hydrogens is 226 g/mol. The van der Waals surface area contributed by atoms with E-state index in [0.29, 0.717) is 6.04 Å². The van der Waals surface area contributed by atoms with E-state index in [4.69, 9.17) is 4.42 Å². The molecule has 0 aromatic carbocycles. The molecule has 1 unspecified atom stereocenters. The quantitative estimate of drug-likeness (QED) is 0.870. The molecule has 1 aliphatic heterocycles. The van der Waals surface area contributed by atoms with Gasteiger partial charge in [0.15, 0.2) is 0 Å². The van der Waals surface area contributed by atoms with Crippen molar-refractivity contribution in [2.75, 3.05) is 19.6 Å². The van der Waals surface area contributed by atoms with Crippen molar-refractivity contribution in [2.24, 2.45) is 5.92 Å². The van der Waals surface area contributed by atoms with E-state index in [1.807, 2.05) is 13.8 Å². The number of nitrogens with one attached hydrogen (secondary N) is 1. The molecule has 2 heterocycles. The van der Waals surface area contributed by atoms with E-state index < -0.39 is 0 Å². The minimum atomic E-state index is 0.673. The number of likely N-dealkylation sites (tertiary alicyclic amines) is 1. The summed E-state index contributed by atoms with van der Waals surface area (Å²) in [5.41, 5.74) is 0.999. The molecule has 1 saturated heterocycles. The van der Waals surface area contributed by atoms with Gasteiger partial charge >= 0.3 is 0 Å². The minimum absolute atomic E-state index is 0.673. The van der Waals surface area contributed by atoms with Crippen LogP contribution in [0.4, 0.5) is 0 Å². The van der Waals surface area contributed by atoms with Crippen molar-refractivity contribution in [3.05, 3.63) is 17.3 Å². The number of oxazole rings is 1. The van der Waals surface area contributed by atoms with Crippen LogP contribution in [-0.4, -0.2) is 35.6 Å². The topological polar surface area (TPSA) is 41.3 Å². The summed E-state index contributed by atoms with van der Waals surface area (Å²) in [5.74, 6) is 2.51. The first-order chi connectivity index (χ1) is 8.56. The molecule has 1 aromatic heterocycles. The number of hydrogen-bond donors (Lipinski definition) is 1. The van der Waals surface area contributed by atoms with Crippen LogP contribution in [0, 0.1) is 19.8 Å². The first kappa shape index (κ1) is 13.6. The normalized spacial score (nSPS) is 21.1. The first-order valence-electron chi connectivity index (χ1n) is 6.94. The Hall–Kier alpha value is -0.870. The maximum atomic E-state index is 5.55. The number of rotatable bonds is 5. The van der Waals surface area contributed by atoms with E-state index in [2.05, 4.69) is 29.0 Å². The zero-order valence-electron chi connectivity index (χ0n) is 12.0. The Morgan fingerprint density at radius 1 is 1.44 bits per heavy atom. The predicted molar refractivity (Wildman–Crippen MR) is 72.5 cm³/mol. The molecular formula is C14H25N3O. The number of aromatic nitrogens is 1. The Balaban J connectivity index is 1.70. The van der Waals surface area contributed by atoms with E-state index >= 15 is 0 Å². The second-order valence-electron chi connectivity index (χ2n) is 5.62. The van der Waals surface area contributed by atoms with Crippen molar-refractivity contribution in [3.63, 3.8) is 0 Å². The van der Waals surface area contributed by atoms with Crippen LogP contribution in [0.1, 0.15) is 37.6 Å². The van der Waals surface area contributed by atoms with Gasteiger partial charge in [-0.3, -0.25) is 0 Å². The predicted octanol–water partition coefficient (Wildman–Crippen LogP) is 2.11. The summed E-state index contributed by atoms with van der Waals surface area (Å²) in [5, 5.41) is 3.46. The largest absolute Gasteiger partial charge is 0.444 e. The smallest absolute Gasteiger partial charge is 0.208 e. The third kappa shape index (κ3) is 3.33. The summed E-state index contributed by atoms with van der Waals surface area (Å²) in [7, 11) is 0. The minimum Gasteiger partial charge on any atom is -0.444 e. The van der Waals surface area contributed by atoms with Crippen LogP contribution in [-0.2, 0) is 6.54 Å². The lowest BCUT2D eigenvalue weighted by atomic mass is 10.1. The van der Waals surface area contributed by atoms with Crippen LogP contribution in [0.15, 0.2) is 4.42 Å². The van der Waals surface area contributed by atoms with Crippen LogP contribution < -0.4 is 5.32 Å². The Kier molecular flexibility index (Phi) is 4.40. The third-order valence-corrected chi connectivity index (χ3v) is 3.83. The summed E-state index contributed by atoms with van der Waals surface area (Å²) in [6, 6.07) is 0.673. The van der Waals surface area contributed by atoms with Gasteiger partial charge < -0.3 is 14.6 Å². The number of hydrogen-bond acceptors (Lipinski definition) is 4. The summed E-state index contributed by atoms with van der Waals surface area (Å²) < 4.78 is 5.55. The number of aryl methyl sites for hydroxylation is 2. The second-order valence-corrected chi connectivity index (χ2v) is 5.62. The second kappa shape index (κ2) is 5.85. The SMILES string of the molecule is Cc1nc(CNCC2CCN(C(C)C)C2)oc1C. The van der Waals surface area contributed by atoms with Gasteiger partial charge in [0, 0.05) is 12.6 Å². The summed E-state index contributed by atoms with van der Waals surface area (Å²) in [6.45, 7) is 12.7. The van der Waals surface area contributed by atoms with Gasteiger partial charge in [-0.05, 0) is 53.1 Å². The van der Waals surface area contributed by atoms with E-state index in [0.717, 1.165) is 36.4 Å². The van der Waals surface area contributed by atoms with Crippen molar-refractivity contribution in [1.29, 1.82) is 0 Å². The molecule has 1 aliphatic rings. The van der Waals surface area contributed by atoms with Crippen molar-refractivity contribution in [1.82, 2.24) is 15.2 Å². The molecule has 0 radical (unpaired) electrons. The average molecular weight is 251 g/mol. The highest BCUT2D eigenvalue weighted by Crippen LogP contribution is 2.17. The Bertz CT molecular complexity index is 367. The maximum Gasteiger partial charge on any atom is 0.208 e. The summed E-state index contributed by atoms with van der Waals surface area (Å²) in [4.78, 5) is 6.93. The molecule has 0 saturated carbocycles. The van der Waals surface area contributed by atoms with Gasteiger partial charge in [0.05, 0.1) is 12.2 Å². The van der Waals surface area contributed by atoms with Gasteiger partial charge in [-0.25, -0.2) is 4.98 Å². The first-order valence-corrected chi connectivity index (χ1v) is 6.94. The fourth-order valence-electron chi connectivity index (χ4n) is 2.50. The Morgan fingerprint density at radius 3 is 2.78 bits per heavy atom. The highest BCUT2D eigenvalue weighted by Gasteiger charge is 2.23. The lowest BCUT2D eigenvalue weighted by Gasteiger charge is -2.20. The summed E-state index contributed by atoms with van der Waals surface area (Å²) >= 11 is 0. The molecule has 0 aliphatic carbocycles. The van der Waals surface area contributed by atoms with E-state index in [1.54, 1.807) is 0 Å². The molecule has 18 heavy (non-hydrogen) atoms. The Labute approximate surface area is 110 Å². The molecule has 1 fully saturated rings. The van der Waals surface area contributed by atoms with Crippen LogP contribution in [0.2, 0.25) is 0 Å². The monoisotopic (exact) mass is 251 g/mol. The van der Waals surface area contributed by atoms with Gasteiger partial charge in [-0.15, -0.1) is 0 Å².